The summed E-state index contributed by atoms with van der Waals surface area (Å²) >= 11 is 0. The molecule has 0 bridgehead atoms. The predicted octanol–water partition coefficient (Wildman–Crippen LogP) is 0.0700. The molecule has 1 amide bonds. The van der Waals surface area contributed by atoms with Gasteiger partial charge in [0.2, 0.25) is 5.91 Å². The van der Waals surface area contributed by atoms with Crippen molar-refractivity contribution in [1.29, 1.82) is 0 Å². The summed E-state index contributed by atoms with van der Waals surface area (Å²) in [6.07, 6.45) is 0.641. The standard InChI is InChI=1S/C14H22N2O3/c1-19-10-12(17)9-16-14(18)13(15)8-7-11-5-3-2-4-6-11/h2-6,12-13,17H,7-10,15H2,1H3,(H,16,18). The van der Waals surface area contributed by atoms with E-state index in [4.69, 9.17) is 10.5 Å². The van der Waals surface area contributed by atoms with Crippen molar-refractivity contribution >= 4 is 5.91 Å². The van der Waals surface area contributed by atoms with Gasteiger partial charge in [-0.05, 0) is 18.4 Å². The average Bonchev–Trinajstić information content (AvgIpc) is 2.43. The number of hydrogen-bond donors (Lipinski definition) is 3. The smallest absolute Gasteiger partial charge is 0.237 e. The Labute approximate surface area is 113 Å². The van der Waals surface area contributed by atoms with Gasteiger partial charge in [0.15, 0.2) is 0 Å². The fourth-order valence-electron chi connectivity index (χ4n) is 1.70. The molecule has 0 saturated carbocycles. The molecule has 0 spiro atoms. The van der Waals surface area contributed by atoms with Crippen molar-refractivity contribution in [3.63, 3.8) is 0 Å². The lowest BCUT2D eigenvalue weighted by atomic mass is 10.1. The highest BCUT2D eigenvalue weighted by Crippen LogP contribution is 2.04. The molecule has 5 heteroatoms. The van der Waals surface area contributed by atoms with Crippen molar-refractivity contribution < 1.29 is 14.6 Å². The number of aliphatic hydroxyl groups is 1. The summed E-state index contributed by atoms with van der Waals surface area (Å²) in [4.78, 5) is 11.7. The zero-order chi connectivity index (χ0) is 14.1. The van der Waals surface area contributed by atoms with Crippen molar-refractivity contribution in [2.75, 3.05) is 20.3 Å². The monoisotopic (exact) mass is 266 g/mol. The van der Waals surface area contributed by atoms with E-state index in [1.807, 2.05) is 30.3 Å². The Morgan fingerprint density at radius 1 is 1.42 bits per heavy atom. The largest absolute Gasteiger partial charge is 0.389 e. The Morgan fingerprint density at radius 2 is 2.11 bits per heavy atom. The van der Waals surface area contributed by atoms with Crippen LogP contribution in [0.1, 0.15) is 12.0 Å². The minimum absolute atomic E-state index is 0.158. The molecule has 0 saturated heterocycles. The molecule has 0 heterocycles. The van der Waals surface area contributed by atoms with Gasteiger partial charge in [-0.25, -0.2) is 0 Å². The Kier molecular flexibility index (Phi) is 7.10. The number of methoxy groups -OCH3 is 1. The normalized spacial score (nSPS) is 13.8. The highest BCUT2D eigenvalue weighted by molar-refractivity contribution is 5.81. The molecular formula is C14H22N2O3. The van der Waals surface area contributed by atoms with Gasteiger partial charge in [0.25, 0.3) is 0 Å². The van der Waals surface area contributed by atoms with E-state index in [9.17, 15) is 9.90 Å². The first kappa shape index (κ1) is 15.6. The molecule has 106 valence electrons. The molecule has 1 aromatic rings. The molecule has 0 aliphatic heterocycles. The van der Waals surface area contributed by atoms with Crippen molar-refractivity contribution in [2.24, 2.45) is 5.73 Å². The van der Waals surface area contributed by atoms with E-state index >= 15 is 0 Å². The number of carbonyl (C=O) groups is 1. The summed E-state index contributed by atoms with van der Waals surface area (Å²) in [6.45, 7) is 0.352. The van der Waals surface area contributed by atoms with Gasteiger partial charge in [-0.3, -0.25) is 4.79 Å². The number of amides is 1. The molecule has 5 nitrogen and oxygen atoms in total. The van der Waals surface area contributed by atoms with Crippen LogP contribution < -0.4 is 11.1 Å². The van der Waals surface area contributed by atoms with E-state index in [2.05, 4.69) is 5.32 Å². The predicted molar refractivity (Wildman–Crippen MR) is 73.6 cm³/mol. The Hall–Kier alpha value is -1.43. The Morgan fingerprint density at radius 3 is 2.74 bits per heavy atom. The Bertz CT molecular complexity index is 370. The zero-order valence-corrected chi connectivity index (χ0v) is 11.2. The number of hydrogen-bond acceptors (Lipinski definition) is 4. The zero-order valence-electron chi connectivity index (χ0n) is 11.2. The minimum Gasteiger partial charge on any atom is -0.389 e. The summed E-state index contributed by atoms with van der Waals surface area (Å²) in [7, 11) is 1.50. The van der Waals surface area contributed by atoms with E-state index in [-0.39, 0.29) is 19.1 Å². The van der Waals surface area contributed by atoms with E-state index in [1.165, 1.54) is 7.11 Å². The lowest BCUT2D eigenvalue weighted by Crippen LogP contribution is -2.44. The molecule has 0 aliphatic rings. The van der Waals surface area contributed by atoms with Crippen molar-refractivity contribution in [2.45, 2.75) is 25.0 Å². The third-order valence-electron chi connectivity index (χ3n) is 2.79. The van der Waals surface area contributed by atoms with E-state index in [0.29, 0.717) is 6.42 Å². The quantitative estimate of drug-likeness (QED) is 0.621. The molecule has 1 rings (SSSR count). The number of benzene rings is 1. The van der Waals surface area contributed by atoms with Crippen LogP contribution in [0.2, 0.25) is 0 Å². The summed E-state index contributed by atoms with van der Waals surface area (Å²) < 4.78 is 4.77. The lowest BCUT2D eigenvalue weighted by molar-refractivity contribution is -0.123. The van der Waals surface area contributed by atoms with Crippen LogP contribution in [0.4, 0.5) is 0 Å². The summed E-state index contributed by atoms with van der Waals surface area (Å²) in [6, 6.07) is 9.33. The van der Waals surface area contributed by atoms with Crippen LogP contribution >= 0.6 is 0 Å². The third kappa shape index (κ3) is 6.33. The first-order chi connectivity index (χ1) is 9.13. The topological polar surface area (TPSA) is 84.6 Å². The highest BCUT2D eigenvalue weighted by atomic mass is 16.5. The van der Waals surface area contributed by atoms with Crippen LogP contribution in [0, 0.1) is 0 Å². The minimum atomic E-state index is -0.699. The van der Waals surface area contributed by atoms with Gasteiger partial charge in [0.05, 0.1) is 18.8 Å². The van der Waals surface area contributed by atoms with Gasteiger partial charge in [0, 0.05) is 13.7 Å². The number of ether oxygens (including phenoxy) is 1. The maximum Gasteiger partial charge on any atom is 0.237 e. The second-order valence-corrected chi connectivity index (χ2v) is 4.49. The van der Waals surface area contributed by atoms with Crippen LogP contribution in [0.3, 0.4) is 0 Å². The average molecular weight is 266 g/mol. The number of carbonyl (C=O) groups excluding carboxylic acids is 1. The lowest BCUT2D eigenvalue weighted by Gasteiger charge is -2.14. The van der Waals surface area contributed by atoms with Crippen LogP contribution in [-0.4, -0.2) is 43.4 Å². The number of nitrogens with one attached hydrogen (secondary N) is 1. The van der Waals surface area contributed by atoms with Crippen LogP contribution in [0.5, 0.6) is 0 Å². The van der Waals surface area contributed by atoms with E-state index < -0.39 is 12.1 Å². The molecule has 0 fully saturated rings. The molecule has 19 heavy (non-hydrogen) atoms. The van der Waals surface area contributed by atoms with Gasteiger partial charge in [-0.2, -0.15) is 0 Å². The maximum absolute atomic E-state index is 11.7. The van der Waals surface area contributed by atoms with Crippen molar-refractivity contribution in [3.8, 4) is 0 Å². The molecular weight excluding hydrogens is 244 g/mol. The fraction of sp³-hybridized carbons (Fsp3) is 0.500. The molecule has 0 radical (unpaired) electrons. The molecule has 1 aromatic carbocycles. The number of aliphatic hydroxyl groups excluding tert-OH is 1. The van der Waals surface area contributed by atoms with E-state index in [1.54, 1.807) is 0 Å². The summed E-state index contributed by atoms with van der Waals surface area (Å²) in [5.74, 6) is -0.244. The third-order valence-corrected chi connectivity index (χ3v) is 2.79. The van der Waals surface area contributed by atoms with Gasteiger partial charge < -0.3 is 20.9 Å². The summed E-state index contributed by atoms with van der Waals surface area (Å²) in [5, 5.41) is 12.0. The highest BCUT2D eigenvalue weighted by Gasteiger charge is 2.14. The van der Waals surface area contributed by atoms with Crippen molar-refractivity contribution in [1.82, 2.24) is 5.32 Å². The van der Waals surface area contributed by atoms with Crippen LogP contribution in [0.15, 0.2) is 30.3 Å². The van der Waals surface area contributed by atoms with Gasteiger partial charge >= 0.3 is 0 Å². The second kappa shape index (κ2) is 8.63. The first-order valence-electron chi connectivity index (χ1n) is 6.37. The molecule has 0 aromatic heterocycles. The van der Waals surface area contributed by atoms with Crippen molar-refractivity contribution in [3.05, 3.63) is 35.9 Å². The van der Waals surface area contributed by atoms with Gasteiger partial charge in [-0.1, -0.05) is 30.3 Å². The van der Waals surface area contributed by atoms with Gasteiger partial charge in [-0.15, -0.1) is 0 Å². The SMILES string of the molecule is COCC(O)CNC(=O)C(N)CCc1ccccc1. The molecule has 4 N–H and O–H groups in total. The molecule has 2 unspecified atom stereocenters. The van der Waals surface area contributed by atoms with Gasteiger partial charge in [0.1, 0.15) is 0 Å². The summed E-state index contributed by atoms with van der Waals surface area (Å²) in [5.41, 5.74) is 6.96. The maximum atomic E-state index is 11.7. The van der Waals surface area contributed by atoms with Crippen LogP contribution in [0.25, 0.3) is 0 Å². The second-order valence-electron chi connectivity index (χ2n) is 4.49. The number of nitrogens with two attached hydrogens (primary N) is 1. The molecule has 2 atom stereocenters. The number of rotatable bonds is 8. The fourth-order valence-corrected chi connectivity index (χ4v) is 1.70. The van der Waals surface area contributed by atoms with E-state index in [0.717, 1.165) is 12.0 Å². The molecule has 0 aliphatic carbocycles. The Balaban J connectivity index is 2.25. The van der Waals surface area contributed by atoms with Crippen LogP contribution in [-0.2, 0) is 16.0 Å². The number of aryl methyl sites for hydroxylation is 1. The first-order valence-corrected chi connectivity index (χ1v) is 6.37.